The van der Waals surface area contributed by atoms with Gasteiger partial charge in [0.1, 0.15) is 0 Å². The van der Waals surface area contributed by atoms with Gasteiger partial charge in [-0.05, 0) is 37.8 Å². The van der Waals surface area contributed by atoms with Crippen LogP contribution in [0.5, 0.6) is 0 Å². The monoisotopic (exact) mass is 267 g/mol. The van der Waals surface area contributed by atoms with Crippen molar-refractivity contribution in [1.29, 1.82) is 0 Å². The third-order valence-corrected chi connectivity index (χ3v) is 4.22. The first-order valence-corrected chi connectivity index (χ1v) is 7.10. The van der Waals surface area contributed by atoms with Crippen LogP contribution in [-0.4, -0.2) is 29.2 Å². The van der Waals surface area contributed by atoms with E-state index >= 15 is 0 Å². The molecule has 0 fully saturated rings. The van der Waals surface area contributed by atoms with Crippen LogP contribution in [0.1, 0.15) is 38.7 Å². The standard InChI is InChI=1S/C15H22ClNO/c1-11-8-15(2,3)17(10-12(18)9-16)14-7-5-4-6-13(11)14/h4-7,11-12,18H,8-10H2,1-3H3. The molecule has 0 bridgehead atoms. The van der Waals surface area contributed by atoms with E-state index in [2.05, 4.69) is 49.9 Å². The normalized spacial score (nSPS) is 23.6. The maximum absolute atomic E-state index is 9.86. The van der Waals surface area contributed by atoms with Crippen molar-refractivity contribution < 1.29 is 5.11 Å². The molecule has 2 unspecified atom stereocenters. The summed E-state index contributed by atoms with van der Waals surface area (Å²) in [5, 5.41) is 9.86. The molecule has 1 aliphatic rings. The van der Waals surface area contributed by atoms with Gasteiger partial charge < -0.3 is 10.0 Å². The van der Waals surface area contributed by atoms with Gasteiger partial charge in [0.15, 0.2) is 0 Å². The number of alkyl halides is 1. The molecule has 2 nitrogen and oxygen atoms in total. The predicted octanol–water partition coefficient (Wildman–Crippen LogP) is 3.38. The van der Waals surface area contributed by atoms with Crippen LogP contribution in [0, 0.1) is 0 Å². The van der Waals surface area contributed by atoms with Crippen LogP contribution in [-0.2, 0) is 0 Å². The van der Waals surface area contributed by atoms with Crippen molar-refractivity contribution >= 4 is 17.3 Å². The molecule has 100 valence electrons. The van der Waals surface area contributed by atoms with Gasteiger partial charge in [-0.1, -0.05) is 25.1 Å². The Balaban J connectivity index is 2.38. The predicted molar refractivity (Wildman–Crippen MR) is 77.6 cm³/mol. The van der Waals surface area contributed by atoms with Gasteiger partial charge in [0, 0.05) is 17.8 Å². The summed E-state index contributed by atoms with van der Waals surface area (Å²) in [7, 11) is 0. The maximum Gasteiger partial charge on any atom is 0.0850 e. The molecule has 0 saturated carbocycles. The number of fused-ring (bicyclic) bond motifs is 1. The highest BCUT2D eigenvalue weighted by atomic mass is 35.5. The average Bonchev–Trinajstić information content (AvgIpc) is 2.33. The Morgan fingerprint density at radius 3 is 2.78 bits per heavy atom. The highest BCUT2D eigenvalue weighted by Gasteiger charge is 2.36. The first-order chi connectivity index (χ1) is 8.45. The molecule has 1 aromatic rings. The third-order valence-electron chi connectivity index (χ3n) is 3.87. The largest absolute Gasteiger partial charge is 0.390 e. The maximum atomic E-state index is 9.86. The molecule has 0 radical (unpaired) electrons. The fourth-order valence-electron chi connectivity index (χ4n) is 3.05. The van der Waals surface area contributed by atoms with Crippen molar-refractivity contribution in [3.8, 4) is 0 Å². The Labute approximate surface area is 115 Å². The molecule has 1 N–H and O–H groups in total. The number of anilines is 1. The molecular formula is C15H22ClNO. The van der Waals surface area contributed by atoms with Crippen LogP contribution in [0.3, 0.4) is 0 Å². The smallest absolute Gasteiger partial charge is 0.0850 e. The number of aliphatic hydroxyl groups is 1. The lowest BCUT2D eigenvalue weighted by atomic mass is 9.80. The minimum absolute atomic E-state index is 0.0564. The molecule has 0 spiro atoms. The third kappa shape index (κ3) is 2.50. The lowest BCUT2D eigenvalue weighted by Gasteiger charge is -2.48. The summed E-state index contributed by atoms with van der Waals surface area (Å²) < 4.78 is 0. The molecule has 0 amide bonds. The number of aliphatic hydroxyl groups excluding tert-OH is 1. The molecule has 1 aromatic carbocycles. The van der Waals surface area contributed by atoms with E-state index in [1.165, 1.54) is 11.3 Å². The van der Waals surface area contributed by atoms with Crippen LogP contribution < -0.4 is 4.90 Å². The summed E-state index contributed by atoms with van der Waals surface area (Å²) in [4.78, 5) is 2.30. The van der Waals surface area contributed by atoms with Crippen LogP contribution in [0.4, 0.5) is 5.69 Å². The number of para-hydroxylation sites is 1. The number of halogens is 1. The summed E-state index contributed by atoms with van der Waals surface area (Å²) in [6.07, 6.45) is 0.617. The fraction of sp³-hybridized carbons (Fsp3) is 0.600. The van der Waals surface area contributed by atoms with E-state index in [1.54, 1.807) is 0 Å². The highest BCUT2D eigenvalue weighted by molar-refractivity contribution is 6.18. The van der Waals surface area contributed by atoms with Crippen molar-refractivity contribution in [3.63, 3.8) is 0 Å². The number of hydrogen-bond acceptors (Lipinski definition) is 2. The number of rotatable bonds is 3. The second-order valence-corrected chi connectivity index (χ2v) is 6.20. The zero-order valence-corrected chi connectivity index (χ0v) is 12.1. The van der Waals surface area contributed by atoms with Crippen LogP contribution >= 0.6 is 11.6 Å². The molecule has 2 rings (SSSR count). The quantitative estimate of drug-likeness (QED) is 0.849. The molecule has 3 heteroatoms. The first kappa shape index (κ1) is 13.7. The second kappa shape index (κ2) is 5.10. The molecule has 0 saturated heterocycles. The molecule has 18 heavy (non-hydrogen) atoms. The van der Waals surface area contributed by atoms with Crippen molar-refractivity contribution in [3.05, 3.63) is 29.8 Å². The number of benzene rings is 1. The lowest BCUT2D eigenvalue weighted by Crippen LogP contribution is -2.51. The van der Waals surface area contributed by atoms with E-state index in [4.69, 9.17) is 11.6 Å². The molecule has 2 atom stereocenters. The SMILES string of the molecule is CC1CC(C)(C)N(CC(O)CCl)c2ccccc21. The number of hydrogen-bond donors (Lipinski definition) is 1. The fourth-order valence-corrected chi connectivity index (χ4v) is 3.15. The van der Waals surface area contributed by atoms with Gasteiger partial charge in [-0.25, -0.2) is 0 Å². The minimum atomic E-state index is -0.479. The van der Waals surface area contributed by atoms with Gasteiger partial charge in [0.25, 0.3) is 0 Å². The van der Waals surface area contributed by atoms with E-state index < -0.39 is 6.10 Å². The zero-order valence-electron chi connectivity index (χ0n) is 11.4. The second-order valence-electron chi connectivity index (χ2n) is 5.90. The van der Waals surface area contributed by atoms with Crippen molar-refractivity contribution in [2.45, 2.75) is 44.8 Å². The molecule has 0 aliphatic carbocycles. The van der Waals surface area contributed by atoms with Crippen molar-refractivity contribution in [1.82, 2.24) is 0 Å². The van der Waals surface area contributed by atoms with Gasteiger partial charge >= 0.3 is 0 Å². The summed E-state index contributed by atoms with van der Waals surface area (Å²) in [6, 6.07) is 8.49. The Bertz CT molecular complexity index is 419. The molecule has 0 aromatic heterocycles. The number of nitrogens with zero attached hydrogens (tertiary/aromatic N) is 1. The van der Waals surface area contributed by atoms with Gasteiger partial charge in [-0.3, -0.25) is 0 Å². The van der Waals surface area contributed by atoms with E-state index in [0.29, 0.717) is 12.5 Å². The Morgan fingerprint density at radius 2 is 2.11 bits per heavy atom. The average molecular weight is 268 g/mol. The highest BCUT2D eigenvalue weighted by Crippen LogP contribution is 2.42. The minimum Gasteiger partial charge on any atom is -0.390 e. The van der Waals surface area contributed by atoms with E-state index in [-0.39, 0.29) is 11.4 Å². The van der Waals surface area contributed by atoms with E-state index in [0.717, 1.165) is 6.42 Å². The zero-order chi connectivity index (χ0) is 13.3. The van der Waals surface area contributed by atoms with Gasteiger partial charge in [-0.15, -0.1) is 11.6 Å². The van der Waals surface area contributed by atoms with Crippen LogP contribution in [0.2, 0.25) is 0 Å². The van der Waals surface area contributed by atoms with Gasteiger partial charge in [-0.2, -0.15) is 0 Å². The molecular weight excluding hydrogens is 246 g/mol. The number of β-amino-alcohol motifs (C(OH)–C–C–N with tert-alkyl or cyclic N) is 1. The Hall–Kier alpha value is -0.730. The topological polar surface area (TPSA) is 23.5 Å². The molecule has 1 heterocycles. The summed E-state index contributed by atoms with van der Waals surface area (Å²) >= 11 is 5.74. The lowest BCUT2D eigenvalue weighted by molar-refractivity contribution is 0.190. The summed E-state index contributed by atoms with van der Waals surface area (Å²) in [6.45, 7) is 7.34. The Morgan fingerprint density at radius 1 is 1.44 bits per heavy atom. The first-order valence-electron chi connectivity index (χ1n) is 6.56. The summed E-state index contributed by atoms with van der Waals surface area (Å²) in [5.41, 5.74) is 2.67. The molecule has 1 aliphatic heterocycles. The van der Waals surface area contributed by atoms with Crippen LogP contribution in [0.25, 0.3) is 0 Å². The van der Waals surface area contributed by atoms with E-state index in [1.807, 2.05) is 0 Å². The van der Waals surface area contributed by atoms with Crippen molar-refractivity contribution in [2.75, 3.05) is 17.3 Å². The van der Waals surface area contributed by atoms with Gasteiger partial charge in [0.05, 0.1) is 12.0 Å². The van der Waals surface area contributed by atoms with Gasteiger partial charge in [0.2, 0.25) is 0 Å². The van der Waals surface area contributed by atoms with Crippen LogP contribution in [0.15, 0.2) is 24.3 Å². The van der Waals surface area contributed by atoms with Crippen molar-refractivity contribution in [2.24, 2.45) is 0 Å². The van der Waals surface area contributed by atoms with E-state index in [9.17, 15) is 5.11 Å². The summed E-state index contributed by atoms with van der Waals surface area (Å²) in [5.74, 6) is 0.838. The Kier molecular flexibility index (Phi) is 3.88.